The van der Waals surface area contributed by atoms with Gasteiger partial charge in [0.2, 0.25) is 0 Å². The molecule has 38 heavy (non-hydrogen) atoms. The van der Waals surface area contributed by atoms with Gasteiger partial charge in [0.15, 0.2) is 17.5 Å². The Kier molecular flexibility index (Phi) is 5.08. The minimum atomic E-state index is -0.302. The van der Waals surface area contributed by atoms with Crippen molar-refractivity contribution < 1.29 is 4.74 Å². The molecule has 0 amide bonds. The zero-order valence-corrected chi connectivity index (χ0v) is 21.2. The highest BCUT2D eigenvalue weighted by Crippen LogP contribution is 2.50. The molecular formula is C34H25N3O. The van der Waals surface area contributed by atoms with Crippen LogP contribution in [-0.2, 0) is 5.41 Å². The molecule has 0 saturated heterocycles. The van der Waals surface area contributed by atoms with Crippen molar-refractivity contribution in [2.24, 2.45) is 0 Å². The maximum atomic E-state index is 6.38. The lowest BCUT2D eigenvalue weighted by molar-refractivity contribution is 0.418. The number of rotatable bonds is 3. The zero-order valence-electron chi connectivity index (χ0n) is 21.2. The van der Waals surface area contributed by atoms with Crippen LogP contribution in [0.2, 0.25) is 0 Å². The molecule has 0 bridgehead atoms. The van der Waals surface area contributed by atoms with Crippen LogP contribution in [0, 0.1) is 0 Å². The molecule has 4 heteroatoms. The third-order valence-corrected chi connectivity index (χ3v) is 7.35. The van der Waals surface area contributed by atoms with Crippen molar-refractivity contribution in [2.75, 3.05) is 0 Å². The molecular weight excluding hydrogens is 466 g/mol. The van der Waals surface area contributed by atoms with Gasteiger partial charge in [-0.25, -0.2) is 15.0 Å². The molecule has 4 nitrogen and oxygen atoms in total. The molecule has 1 aliphatic heterocycles. The van der Waals surface area contributed by atoms with Crippen molar-refractivity contribution in [1.82, 2.24) is 15.0 Å². The standard InChI is InChI=1S/C34H25N3O/c1-34(2)27-16-8-9-17-28(27)38-29-18-10-15-26(30(29)34)33-36-31(23-12-4-3-5-13-23)35-32(37-33)25-20-19-22-11-6-7-14-24(22)21-25/h3-21H,1-2H3. The molecule has 0 spiro atoms. The van der Waals surface area contributed by atoms with Gasteiger partial charge in [0, 0.05) is 33.2 Å². The molecule has 182 valence electrons. The van der Waals surface area contributed by atoms with E-state index in [2.05, 4.69) is 74.5 Å². The van der Waals surface area contributed by atoms with Crippen LogP contribution in [0.1, 0.15) is 25.0 Å². The fourth-order valence-corrected chi connectivity index (χ4v) is 5.44. The van der Waals surface area contributed by atoms with Crippen LogP contribution in [0.25, 0.3) is 44.9 Å². The third-order valence-electron chi connectivity index (χ3n) is 7.35. The maximum absolute atomic E-state index is 6.38. The first-order valence-corrected chi connectivity index (χ1v) is 12.8. The van der Waals surface area contributed by atoms with E-state index in [1.165, 1.54) is 5.39 Å². The van der Waals surface area contributed by atoms with Crippen molar-refractivity contribution in [1.29, 1.82) is 0 Å². The predicted octanol–water partition coefficient (Wildman–Crippen LogP) is 8.46. The van der Waals surface area contributed by atoms with Gasteiger partial charge >= 0.3 is 0 Å². The summed E-state index contributed by atoms with van der Waals surface area (Å²) < 4.78 is 6.38. The lowest BCUT2D eigenvalue weighted by atomic mass is 9.73. The second kappa shape index (κ2) is 8.63. The molecule has 2 heterocycles. The molecule has 0 radical (unpaired) electrons. The minimum absolute atomic E-state index is 0.302. The SMILES string of the molecule is CC1(C)c2ccccc2Oc2cccc(-c3nc(-c4ccccc4)nc(-c4ccc5ccccc5c4)n3)c21. The summed E-state index contributed by atoms with van der Waals surface area (Å²) in [6, 6.07) is 39.1. The van der Waals surface area contributed by atoms with Crippen LogP contribution in [0.4, 0.5) is 0 Å². The number of hydrogen-bond acceptors (Lipinski definition) is 4. The summed E-state index contributed by atoms with van der Waals surface area (Å²) in [5, 5.41) is 2.33. The van der Waals surface area contributed by atoms with E-state index in [0.717, 1.165) is 44.7 Å². The largest absolute Gasteiger partial charge is 0.457 e. The Morgan fingerprint density at radius 1 is 0.526 bits per heavy atom. The molecule has 7 rings (SSSR count). The number of ether oxygens (including phenoxy) is 1. The summed E-state index contributed by atoms with van der Waals surface area (Å²) in [5.74, 6) is 3.65. The number of nitrogens with zero attached hydrogens (tertiary/aromatic N) is 3. The quantitative estimate of drug-likeness (QED) is 0.249. The molecule has 0 atom stereocenters. The molecule has 6 aromatic rings. The number of aromatic nitrogens is 3. The average molecular weight is 492 g/mol. The van der Waals surface area contributed by atoms with E-state index in [1.807, 2.05) is 54.6 Å². The van der Waals surface area contributed by atoms with Crippen LogP contribution < -0.4 is 4.74 Å². The first kappa shape index (κ1) is 22.4. The van der Waals surface area contributed by atoms with Gasteiger partial charge in [-0.15, -0.1) is 0 Å². The smallest absolute Gasteiger partial charge is 0.164 e. The zero-order chi connectivity index (χ0) is 25.7. The third kappa shape index (κ3) is 3.65. The monoisotopic (exact) mass is 491 g/mol. The molecule has 0 fully saturated rings. The van der Waals surface area contributed by atoms with Gasteiger partial charge in [-0.1, -0.05) is 111 Å². The van der Waals surface area contributed by atoms with Crippen molar-refractivity contribution in [2.45, 2.75) is 19.3 Å². The van der Waals surface area contributed by atoms with Gasteiger partial charge < -0.3 is 4.74 Å². The molecule has 0 unspecified atom stereocenters. The number of hydrogen-bond donors (Lipinski definition) is 0. The highest BCUT2D eigenvalue weighted by Gasteiger charge is 2.37. The number of fused-ring (bicyclic) bond motifs is 3. The minimum Gasteiger partial charge on any atom is -0.457 e. The second-order valence-electron chi connectivity index (χ2n) is 10.1. The number of para-hydroxylation sites is 1. The summed E-state index contributed by atoms with van der Waals surface area (Å²) in [4.78, 5) is 15.0. The van der Waals surface area contributed by atoms with Gasteiger partial charge in [0.05, 0.1) is 0 Å². The van der Waals surface area contributed by atoms with Gasteiger partial charge in [0.25, 0.3) is 0 Å². The van der Waals surface area contributed by atoms with Crippen LogP contribution in [0.3, 0.4) is 0 Å². The number of benzene rings is 5. The van der Waals surface area contributed by atoms with Gasteiger partial charge in [-0.05, 0) is 29.0 Å². The van der Waals surface area contributed by atoms with Crippen LogP contribution in [0.5, 0.6) is 11.5 Å². The highest BCUT2D eigenvalue weighted by molar-refractivity contribution is 5.86. The van der Waals surface area contributed by atoms with Crippen molar-refractivity contribution in [3.8, 4) is 45.7 Å². The van der Waals surface area contributed by atoms with Crippen molar-refractivity contribution in [3.05, 3.63) is 126 Å². The average Bonchev–Trinajstić information content (AvgIpc) is 2.97. The van der Waals surface area contributed by atoms with Gasteiger partial charge in [-0.3, -0.25) is 0 Å². The molecule has 0 N–H and O–H groups in total. The Morgan fingerprint density at radius 3 is 2.03 bits per heavy atom. The highest BCUT2D eigenvalue weighted by atomic mass is 16.5. The summed E-state index contributed by atoms with van der Waals surface area (Å²) in [6.07, 6.45) is 0. The molecule has 1 aromatic heterocycles. The Labute approximate surface area is 221 Å². The van der Waals surface area contributed by atoms with Gasteiger partial charge in [-0.2, -0.15) is 0 Å². The van der Waals surface area contributed by atoms with E-state index < -0.39 is 0 Å². The second-order valence-corrected chi connectivity index (χ2v) is 10.1. The Balaban J connectivity index is 1.46. The summed E-state index contributed by atoms with van der Waals surface area (Å²) in [6.45, 7) is 4.47. The molecule has 0 aliphatic carbocycles. The summed E-state index contributed by atoms with van der Waals surface area (Å²) >= 11 is 0. The van der Waals surface area contributed by atoms with Crippen LogP contribution >= 0.6 is 0 Å². The van der Waals surface area contributed by atoms with E-state index in [4.69, 9.17) is 19.7 Å². The first-order chi connectivity index (χ1) is 18.6. The predicted molar refractivity (Wildman–Crippen MR) is 152 cm³/mol. The molecule has 0 saturated carbocycles. The molecule has 1 aliphatic rings. The van der Waals surface area contributed by atoms with E-state index >= 15 is 0 Å². The normalized spacial score (nSPS) is 13.4. The van der Waals surface area contributed by atoms with E-state index in [1.54, 1.807) is 0 Å². The van der Waals surface area contributed by atoms with Crippen LogP contribution in [-0.4, -0.2) is 15.0 Å². The van der Waals surface area contributed by atoms with Gasteiger partial charge in [0.1, 0.15) is 11.5 Å². The Morgan fingerprint density at radius 2 is 1.18 bits per heavy atom. The van der Waals surface area contributed by atoms with E-state index in [-0.39, 0.29) is 5.41 Å². The lowest BCUT2D eigenvalue weighted by Gasteiger charge is -2.35. The van der Waals surface area contributed by atoms with E-state index in [9.17, 15) is 0 Å². The van der Waals surface area contributed by atoms with Crippen molar-refractivity contribution >= 4 is 10.8 Å². The summed E-state index contributed by atoms with van der Waals surface area (Å²) in [7, 11) is 0. The van der Waals surface area contributed by atoms with Crippen LogP contribution in [0.15, 0.2) is 115 Å². The summed E-state index contributed by atoms with van der Waals surface area (Å²) in [5.41, 5.74) is 4.77. The van der Waals surface area contributed by atoms with Crippen molar-refractivity contribution in [3.63, 3.8) is 0 Å². The fourth-order valence-electron chi connectivity index (χ4n) is 5.44. The topological polar surface area (TPSA) is 47.9 Å². The maximum Gasteiger partial charge on any atom is 0.164 e. The Hall–Kier alpha value is -4.83. The fraction of sp³-hybridized carbons (Fsp3) is 0.0882. The first-order valence-electron chi connectivity index (χ1n) is 12.8. The molecule has 5 aromatic carbocycles. The van der Waals surface area contributed by atoms with E-state index in [0.29, 0.717) is 17.5 Å². The Bertz CT molecular complexity index is 1830. The lowest BCUT2D eigenvalue weighted by Crippen LogP contribution is -2.25.